The van der Waals surface area contributed by atoms with E-state index in [4.69, 9.17) is 4.74 Å². The lowest BCUT2D eigenvalue weighted by Crippen LogP contribution is -2.63. The first-order valence-corrected chi connectivity index (χ1v) is 8.51. The van der Waals surface area contributed by atoms with Crippen LogP contribution in [0.3, 0.4) is 0 Å². The second kappa shape index (κ2) is 6.83. The van der Waals surface area contributed by atoms with E-state index < -0.39 is 0 Å². The van der Waals surface area contributed by atoms with E-state index in [-0.39, 0.29) is 5.41 Å². The van der Waals surface area contributed by atoms with Crippen molar-refractivity contribution < 1.29 is 4.74 Å². The molecule has 2 rings (SSSR count). The fourth-order valence-electron chi connectivity index (χ4n) is 3.20. The maximum atomic E-state index is 6.26. The number of ether oxygens (including phenoxy) is 1. The van der Waals surface area contributed by atoms with Gasteiger partial charge in [-0.1, -0.05) is 46.8 Å². The largest absolute Gasteiger partial charge is 0.490 e. The van der Waals surface area contributed by atoms with Crippen molar-refractivity contribution >= 4 is 0 Å². The van der Waals surface area contributed by atoms with Gasteiger partial charge in [0, 0.05) is 17.9 Å². The van der Waals surface area contributed by atoms with Crippen molar-refractivity contribution in [2.45, 2.75) is 71.9 Å². The smallest absolute Gasteiger partial charge is 0.119 e. The summed E-state index contributed by atoms with van der Waals surface area (Å²) in [6.07, 6.45) is 3.81. The molecule has 0 spiro atoms. The van der Waals surface area contributed by atoms with Gasteiger partial charge in [-0.25, -0.2) is 0 Å². The zero-order valence-corrected chi connectivity index (χ0v) is 14.3. The summed E-state index contributed by atoms with van der Waals surface area (Å²) >= 11 is 0. The van der Waals surface area contributed by atoms with Crippen molar-refractivity contribution in [2.24, 2.45) is 5.41 Å². The van der Waals surface area contributed by atoms with E-state index in [1.807, 2.05) is 0 Å². The molecule has 3 atom stereocenters. The van der Waals surface area contributed by atoms with Gasteiger partial charge in [-0.2, -0.15) is 0 Å². The summed E-state index contributed by atoms with van der Waals surface area (Å²) in [4.78, 5) is 0. The van der Waals surface area contributed by atoms with Crippen LogP contribution >= 0.6 is 0 Å². The van der Waals surface area contributed by atoms with E-state index in [9.17, 15) is 0 Å². The molecule has 0 radical (unpaired) electrons. The Morgan fingerprint density at radius 2 is 1.90 bits per heavy atom. The summed E-state index contributed by atoms with van der Waals surface area (Å²) < 4.78 is 6.26. The molecule has 3 unspecified atom stereocenters. The van der Waals surface area contributed by atoms with Gasteiger partial charge < -0.3 is 10.1 Å². The molecule has 1 N–H and O–H groups in total. The molecule has 0 amide bonds. The van der Waals surface area contributed by atoms with Crippen molar-refractivity contribution in [1.29, 1.82) is 0 Å². The third-order valence-corrected chi connectivity index (χ3v) is 5.21. The highest BCUT2D eigenvalue weighted by Gasteiger charge is 2.51. The minimum Gasteiger partial charge on any atom is -0.490 e. The average molecular weight is 289 g/mol. The number of benzene rings is 1. The Kier molecular flexibility index (Phi) is 5.32. The molecule has 2 heteroatoms. The van der Waals surface area contributed by atoms with Crippen molar-refractivity contribution in [3.63, 3.8) is 0 Å². The predicted octanol–water partition coefficient (Wildman–Crippen LogP) is 4.75. The molecular formula is C19H31NO. The van der Waals surface area contributed by atoms with Crippen LogP contribution in [0.1, 0.15) is 65.4 Å². The number of hydrogen-bond acceptors (Lipinski definition) is 2. The second-order valence-corrected chi connectivity index (χ2v) is 6.93. The number of rotatable bonds is 7. The lowest BCUT2D eigenvalue weighted by molar-refractivity contribution is -0.0701. The fourth-order valence-corrected chi connectivity index (χ4v) is 3.20. The lowest BCUT2D eigenvalue weighted by atomic mass is 9.61. The van der Waals surface area contributed by atoms with Crippen LogP contribution < -0.4 is 10.1 Å². The van der Waals surface area contributed by atoms with Crippen LogP contribution in [-0.4, -0.2) is 18.7 Å². The first-order valence-electron chi connectivity index (χ1n) is 8.51. The summed E-state index contributed by atoms with van der Waals surface area (Å²) in [6.45, 7) is 12.4. The monoisotopic (exact) mass is 289 g/mol. The van der Waals surface area contributed by atoms with Gasteiger partial charge in [0.05, 0.1) is 0 Å². The Hall–Kier alpha value is -1.02. The third-order valence-electron chi connectivity index (χ3n) is 5.21. The van der Waals surface area contributed by atoms with Gasteiger partial charge in [-0.15, -0.1) is 0 Å². The van der Waals surface area contributed by atoms with E-state index in [0.717, 1.165) is 25.1 Å². The Bertz CT molecular complexity index is 439. The molecule has 0 saturated heterocycles. The van der Waals surface area contributed by atoms with E-state index in [1.165, 1.54) is 12.0 Å². The standard InChI is InChI=1S/C19H31NO/c1-6-12-20-17-13-18(19(17,5)7-2)21-16-10-8-15(9-11-16)14(3)4/h8-11,14,17-18,20H,6-7,12-13H2,1-5H3. The van der Waals surface area contributed by atoms with Gasteiger partial charge in [0.15, 0.2) is 0 Å². The summed E-state index contributed by atoms with van der Waals surface area (Å²) in [6, 6.07) is 9.22. The molecule has 1 aliphatic rings. The van der Waals surface area contributed by atoms with Gasteiger partial charge in [0.25, 0.3) is 0 Å². The minimum atomic E-state index is 0.256. The van der Waals surface area contributed by atoms with Crippen LogP contribution in [0.15, 0.2) is 24.3 Å². The fraction of sp³-hybridized carbons (Fsp3) is 0.684. The van der Waals surface area contributed by atoms with Gasteiger partial charge >= 0.3 is 0 Å². The van der Waals surface area contributed by atoms with E-state index >= 15 is 0 Å². The molecule has 2 nitrogen and oxygen atoms in total. The van der Waals surface area contributed by atoms with Gasteiger partial charge in [0.1, 0.15) is 11.9 Å². The van der Waals surface area contributed by atoms with E-state index in [2.05, 4.69) is 64.2 Å². The zero-order valence-electron chi connectivity index (χ0n) is 14.3. The van der Waals surface area contributed by atoms with Gasteiger partial charge in [0.2, 0.25) is 0 Å². The van der Waals surface area contributed by atoms with Gasteiger partial charge in [-0.3, -0.25) is 0 Å². The average Bonchev–Trinajstić information content (AvgIpc) is 2.49. The van der Waals surface area contributed by atoms with Crippen LogP contribution in [0.4, 0.5) is 0 Å². The Balaban J connectivity index is 1.97. The first-order chi connectivity index (χ1) is 10.0. The number of hydrogen-bond donors (Lipinski definition) is 1. The van der Waals surface area contributed by atoms with Gasteiger partial charge in [-0.05, 0) is 43.0 Å². The molecule has 118 valence electrons. The summed E-state index contributed by atoms with van der Waals surface area (Å²) in [5.41, 5.74) is 1.63. The molecule has 0 heterocycles. The summed E-state index contributed by atoms with van der Waals surface area (Å²) in [5.74, 6) is 1.59. The molecular weight excluding hydrogens is 258 g/mol. The van der Waals surface area contributed by atoms with Crippen molar-refractivity contribution in [1.82, 2.24) is 5.32 Å². The minimum absolute atomic E-state index is 0.256. The Labute approximate surface area is 130 Å². The maximum absolute atomic E-state index is 6.26. The molecule has 0 bridgehead atoms. The normalized spacial score (nSPS) is 28.5. The van der Waals surface area contributed by atoms with Crippen molar-refractivity contribution in [3.05, 3.63) is 29.8 Å². The molecule has 1 aliphatic carbocycles. The quantitative estimate of drug-likeness (QED) is 0.782. The highest BCUT2D eigenvalue weighted by Crippen LogP contribution is 2.46. The highest BCUT2D eigenvalue weighted by atomic mass is 16.5. The molecule has 1 fully saturated rings. The van der Waals surface area contributed by atoms with Crippen LogP contribution in [-0.2, 0) is 0 Å². The predicted molar refractivity (Wildman–Crippen MR) is 90.0 cm³/mol. The molecule has 1 aromatic carbocycles. The second-order valence-electron chi connectivity index (χ2n) is 6.93. The maximum Gasteiger partial charge on any atom is 0.119 e. The van der Waals surface area contributed by atoms with E-state index in [1.54, 1.807) is 0 Å². The van der Waals surface area contributed by atoms with Crippen molar-refractivity contribution in [3.8, 4) is 5.75 Å². The van der Waals surface area contributed by atoms with Crippen LogP contribution in [0.25, 0.3) is 0 Å². The Morgan fingerprint density at radius 1 is 1.24 bits per heavy atom. The van der Waals surface area contributed by atoms with E-state index in [0.29, 0.717) is 18.1 Å². The molecule has 1 aromatic rings. The van der Waals surface area contributed by atoms with Crippen LogP contribution in [0.5, 0.6) is 5.75 Å². The molecule has 0 aromatic heterocycles. The topological polar surface area (TPSA) is 21.3 Å². The highest BCUT2D eigenvalue weighted by molar-refractivity contribution is 5.29. The molecule has 0 aliphatic heterocycles. The zero-order chi connectivity index (χ0) is 15.5. The molecule has 21 heavy (non-hydrogen) atoms. The van der Waals surface area contributed by atoms with Crippen LogP contribution in [0.2, 0.25) is 0 Å². The lowest BCUT2D eigenvalue weighted by Gasteiger charge is -2.53. The SMILES string of the molecule is CCCNC1CC(Oc2ccc(C(C)C)cc2)C1(C)CC. The third kappa shape index (κ3) is 3.42. The first kappa shape index (κ1) is 16.4. The van der Waals surface area contributed by atoms with Crippen LogP contribution in [0, 0.1) is 5.41 Å². The molecule has 1 saturated carbocycles. The number of nitrogens with one attached hydrogen (secondary N) is 1. The summed E-state index contributed by atoms with van der Waals surface area (Å²) in [7, 11) is 0. The summed E-state index contributed by atoms with van der Waals surface area (Å²) in [5, 5.41) is 3.67. The Morgan fingerprint density at radius 3 is 2.43 bits per heavy atom. The van der Waals surface area contributed by atoms with Crippen molar-refractivity contribution in [2.75, 3.05) is 6.54 Å².